The van der Waals surface area contributed by atoms with Crippen LogP contribution in [0.2, 0.25) is 5.02 Å². The van der Waals surface area contributed by atoms with Crippen LogP contribution < -0.4 is 0 Å². The van der Waals surface area contributed by atoms with E-state index < -0.39 is 24.5 Å². The summed E-state index contributed by atoms with van der Waals surface area (Å²) in [4.78, 5) is 11.7. The Balaban J connectivity index is 3.11. The Hall–Kier alpha value is -1.23. The standard InChI is InChI=1S/C13H14ClF3O2/c1-3-19-12(18)11(7-13(15,16)17)10-5-4-9(14)6-8(10)2/h4-6,11H,3,7H2,1-2H3. The van der Waals surface area contributed by atoms with Crippen molar-refractivity contribution in [1.82, 2.24) is 0 Å². The van der Waals surface area contributed by atoms with Gasteiger partial charge in [-0.2, -0.15) is 13.2 Å². The van der Waals surface area contributed by atoms with E-state index in [1.807, 2.05) is 0 Å². The first kappa shape index (κ1) is 15.8. The van der Waals surface area contributed by atoms with Crippen molar-refractivity contribution in [3.63, 3.8) is 0 Å². The van der Waals surface area contributed by atoms with Crippen molar-refractivity contribution in [3.8, 4) is 0 Å². The van der Waals surface area contributed by atoms with Crippen molar-refractivity contribution >= 4 is 17.6 Å². The number of esters is 1. The van der Waals surface area contributed by atoms with E-state index in [9.17, 15) is 18.0 Å². The molecule has 0 spiro atoms. The SMILES string of the molecule is CCOC(=O)C(CC(F)(F)F)c1ccc(Cl)cc1C. The molecule has 6 heteroatoms. The molecule has 0 fully saturated rings. The van der Waals surface area contributed by atoms with Gasteiger partial charge in [-0.3, -0.25) is 4.79 Å². The second-order valence-corrected chi connectivity index (χ2v) is 4.56. The third-order valence-electron chi connectivity index (χ3n) is 2.61. The molecule has 1 aromatic carbocycles. The Morgan fingerprint density at radius 2 is 2.05 bits per heavy atom. The molecule has 1 rings (SSSR count). The third-order valence-corrected chi connectivity index (χ3v) is 2.85. The second-order valence-electron chi connectivity index (χ2n) is 4.12. The topological polar surface area (TPSA) is 26.3 Å². The number of hydrogen-bond donors (Lipinski definition) is 0. The lowest BCUT2D eigenvalue weighted by atomic mass is 9.92. The molecule has 0 aliphatic carbocycles. The molecule has 0 saturated carbocycles. The molecule has 0 N–H and O–H groups in total. The minimum absolute atomic E-state index is 0.0415. The van der Waals surface area contributed by atoms with Crippen LogP contribution in [0.25, 0.3) is 0 Å². The number of hydrogen-bond acceptors (Lipinski definition) is 2. The van der Waals surface area contributed by atoms with Crippen LogP contribution in [0.3, 0.4) is 0 Å². The van der Waals surface area contributed by atoms with Crippen LogP contribution in [0, 0.1) is 6.92 Å². The van der Waals surface area contributed by atoms with Gasteiger partial charge in [-0.1, -0.05) is 17.7 Å². The predicted molar refractivity (Wildman–Crippen MR) is 66.2 cm³/mol. The highest BCUT2D eigenvalue weighted by Gasteiger charge is 2.37. The molecule has 0 heterocycles. The molecule has 0 aromatic heterocycles. The molecule has 19 heavy (non-hydrogen) atoms. The summed E-state index contributed by atoms with van der Waals surface area (Å²) >= 11 is 5.76. The van der Waals surface area contributed by atoms with E-state index in [0.717, 1.165) is 0 Å². The fourth-order valence-corrected chi connectivity index (χ4v) is 2.05. The minimum atomic E-state index is -4.44. The van der Waals surface area contributed by atoms with Crippen molar-refractivity contribution in [2.45, 2.75) is 32.4 Å². The zero-order chi connectivity index (χ0) is 14.6. The van der Waals surface area contributed by atoms with Gasteiger partial charge in [0, 0.05) is 5.02 Å². The first-order chi connectivity index (χ1) is 8.74. The number of rotatable bonds is 4. The maximum Gasteiger partial charge on any atom is 0.390 e. The summed E-state index contributed by atoms with van der Waals surface area (Å²) in [6.45, 7) is 3.21. The highest BCUT2D eigenvalue weighted by atomic mass is 35.5. The van der Waals surface area contributed by atoms with E-state index in [1.54, 1.807) is 13.8 Å². The van der Waals surface area contributed by atoms with Crippen molar-refractivity contribution in [3.05, 3.63) is 34.3 Å². The first-order valence-electron chi connectivity index (χ1n) is 5.74. The van der Waals surface area contributed by atoms with Crippen molar-refractivity contribution in [2.24, 2.45) is 0 Å². The average Bonchev–Trinajstić information content (AvgIpc) is 2.25. The Kier molecular flexibility index (Phi) is 5.23. The van der Waals surface area contributed by atoms with Crippen LogP contribution in [0.1, 0.15) is 30.4 Å². The molecule has 0 amide bonds. The molecule has 2 nitrogen and oxygen atoms in total. The van der Waals surface area contributed by atoms with Crippen LogP contribution >= 0.6 is 11.6 Å². The van der Waals surface area contributed by atoms with E-state index in [0.29, 0.717) is 16.1 Å². The zero-order valence-corrected chi connectivity index (χ0v) is 11.3. The van der Waals surface area contributed by atoms with Crippen LogP contribution in [0.4, 0.5) is 13.2 Å². The first-order valence-corrected chi connectivity index (χ1v) is 6.12. The highest BCUT2D eigenvalue weighted by Crippen LogP contribution is 2.34. The van der Waals surface area contributed by atoms with E-state index in [4.69, 9.17) is 16.3 Å². The smallest absolute Gasteiger partial charge is 0.390 e. The zero-order valence-electron chi connectivity index (χ0n) is 10.6. The normalized spacial score (nSPS) is 13.2. The molecule has 106 valence electrons. The van der Waals surface area contributed by atoms with Gasteiger partial charge in [0.25, 0.3) is 0 Å². The van der Waals surface area contributed by atoms with Crippen LogP contribution in [0.5, 0.6) is 0 Å². The van der Waals surface area contributed by atoms with Crippen molar-refractivity contribution < 1.29 is 22.7 Å². The molecule has 1 atom stereocenters. The van der Waals surface area contributed by atoms with Gasteiger partial charge in [0.2, 0.25) is 0 Å². The predicted octanol–water partition coefficient (Wildman–Crippen LogP) is 4.25. The van der Waals surface area contributed by atoms with Gasteiger partial charge in [0.15, 0.2) is 0 Å². The number of alkyl halides is 3. The average molecular weight is 295 g/mol. The largest absolute Gasteiger partial charge is 0.466 e. The Labute approximate surface area is 114 Å². The van der Waals surface area contributed by atoms with Crippen LogP contribution in [0.15, 0.2) is 18.2 Å². The molecule has 0 saturated heterocycles. The fraction of sp³-hybridized carbons (Fsp3) is 0.462. The summed E-state index contributed by atoms with van der Waals surface area (Å²) in [5.74, 6) is -2.22. The number of carbonyl (C=O) groups excluding carboxylic acids is 1. The highest BCUT2D eigenvalue weighted by molar-refractivity contribution is 6.30. The Bertz CT molecular complexity index is 458. The summed E-state index contributed by atoms with van der Waals surface area (Å²) in [5.41, 5.74) is 0.829. The summed E-state index contributed by atoms with van der Waals surface area (Å²) in [5, 5.41) is 0.413. The number of halogens is 4. The maximum absolute atomic E-state index is 12.6. The van der Waals surface area contributed by atoms with E-state index in [-0.39, 0.29) is 6.61 Å². The quantitative estimate of drug-likeness (QED) is 0.776. The van der Waals surface area contributed by atoms with Crippen molar-refractivity contribution in [1.29, 1.82) is 0 Å². The van der Waals surface area contributed by atoms with Gasteiger partial charge in [-0.15, -0.1) is 0 Å². The second kappa shape index (κ2) is 6.28. The summed E-state index contributed by atoms with van der Waals surface area (Å²) in [7, 11) is 0. The Morgan fingerprint density at radius 3 is 2.53 bits per heavy atom. The summed E-state index contributed by atoms with van der Waals surface area (Å²) in [6, 6.07) is 4.43. The number of ether oxygens (including phenoxy) is 1. The van der Waals surface area contributed by atoms with Crippen LogP contribution in [-0.2, 0) is 9.53 Å². The van der Waals surface area contributed by atoms with E-state index in [2.05, 4.69) is 0 Å². The van der Waals surface area contributed by atoms with Crippen molar-refractivity contribution in [2.75, 3.05) is 6.61 Å². The summed E-state index contributed by atoms with van der Waals surface area (Å²) < 4.78 is 42.4. The number of benzene rings is 1. The lowest BCUT2D eigenvalue weighted by Gasteiger charge is -2.19. The van der Waals surface area contributed by atoms with Crippen LogP contribution in [-0.4, -0.2) is 18.8 Å². The number of aryl methyl sites for hydroxylation is 1. The van der Waals surface area contributed by atoms with Gasteiger partial charge in [0.05, 0.1) is 18.9 Å². The lowest BCUT2D eigenvalue weighted by molar-refractivity contribution is -0.161. The van der Waals surface area contributed by atoms with Gasteiger partial charge >= 0.3 is 12.1 Å². The molecule has 1 unspecified atom stereocenters. The lowest BCUT2D eigenvalue weighted by Crippen LogP contribution is -2.23. The summed E-state index contributed by atoms with van der Waals surface area (Å²) in [6.07, 6.45) is -5.68. The maximum atomic E-state index is 12.6. The van der Waals surface area contributed by atoms with Gasteiger partial charge in [-0.05, 0) is 37.1 Å². The van der Waals surface area contributed by atoms with E-state index >= 15 is 0 Å². The third kappa shape index (κ3) is 4.74. The molecule has 0 bridgehead atoms. The number of carbonyl (C=O) groups is 1. The molecule has 0 aliphatic heterocycles. The molecular weight excluding hydrogens is 281 g/mol. The fourth-order valence-electron chi connectivity index (χ4n) is 1.82. The van der Waals surface area contributed by atoms with Gasteiger partial charge in [-0.25, -0.2) is 0 Å². The Morgan fingerprint density at radius 1 is 1.42 bits per heavy atom. The minimum Gasteiger partial charge on any atom is -0.466 e. The monoisotopic (exact) mass is 294 g/mol. The molecule has 0 aliphatic rings. The molecular formula is C13H14ClF3O2. The van der Waals surface area contributed by atoms with E-state index in [1.165, 1.54) is 18.2 Å². The van der Waals surface area contributed by atoms with Gasteiger partial charge < -0.3 is 4.74 Å². The van der Waals surface area contributed by atoms with Gasteiger partial charge in [0.1, 0.15) is 0 Å². The molecule has 0 radical (unpaired) electrons. The molecule has 1 aromatic rings.